The highest BCUT2D eigenvalue weighted by molar-refractivity contribution is 5.84. The molecular formula is C22H22N+. The number of hydrogen-bond donors (Lipinski definition) is 0. The smallest absolute Gasteiger partial charge is 0.201 e. The molecule has 0 saturated heterocycles. The second-order valence-electron chi connectivity index (χ2n) is 6.96. The van der Waals surface area contributed by atoms with E-state index in [-0.39, 0.29) is 5.41 Å². The Morgan fingerprint density at radius 3 is 2.43 bits per heavy atom. The van der Waals surface area contributed by atoms with Gasteiger partial charge in [-0.15, -0.1) is 0 Å². The fourth-order valence-electron chi connectivity index (χ4n) is 3.82. The molecule has 1 heterocycles. The predicted molar refractivity (Wildman–Crippen MR) is 95.4 cm³/mol. The predicted octanol–water partition coefficient (Wildman–Crippen LogP) is 4.79. The molecule has 114 valence electrons. The summed E-state index contributed by atoms with van der Waals surface area (Å²) in [5.41, 5.74) is 8.19. The molecule has 0 N–H and O–H groups in total. The first-order chi connectivity index (χ1) is 11.4. The molecule has 0 amide bonds. The molecule has 4 rings (SSSR count). The Morgan fingerprint density at radius 1 is 0.913 bits per heavy atom. The second kappa shape index (κ2) is 4.79. The molecule has 0 unspecified atom stereocenters. The lowest BCUT2D eigenvalue weighted by molar-refractivity contribution is -0.660. The third kappa shape index (κ3) is 1.96. The maximum absolute atomic E-state index is 8.86. The molecule has 0 atom stereocenters. The van der Waals surface area contributed by atoms with Gasteiger partial charge in [0, 0.05) is 23.1 Å². The van der Waals surface area contributed by atoms with Crippen molar-refractivity contribution in [1.82, 2.24) is 0 Å². The molecule has 1 nitrogen and oxygen atoms in total. The zero-order valence-electron chi connectivity index (χ0n) is 15.1. The van der Waals surface area contributed by atoms with Crippen molar-refractivity contribution in [3.05, 3.63) is 77.5 Å². The van der Waals surface area contributed by atoms with Gasteiger partial charge in [-0.3, -0.25) is 0 Å². The number of fused-ring (bicyclic) bond motifs is 3. The lowest BCUT2D eigenvalue weighted by Crippen LogP contribution is -2.30. The van der Waals surface area contributed by atoms with Crippen LogP contribution in [0.15, 0.2) is 60.8 Å². The molecular weight excluding hydrogens is 278 g/mol. The summed E-state index contributed by atoms with van der Waals surface area (Å²) in [6.07, 6.45) is 2.06. The average Bonchev–Trinajstić information content (AvgIpc) is 2.80. The highest BCUT2D eigenvalue weighted by atomic mass is 14.9. The number of rotatable bonds is 1. The average molecular weight is 301 g/mol. The number of nitrogens with zero attached hydrogens (tertiary/aromatic N) is 1. The van der Waals surface area contributed by atoms with Crippen molar-refractivity contribution < 1.29 is 5.94 Å². The van der Waals surface area contributed by atoms with Crippen LogP contribution in [0.2, 0.25) is 0 Å². The first-order valence-corrected chi connectivity index (χ1v) is 8.12. The molecule has 23 heavy (non-hydrogen) atoms. The molecule has 0 aliphatic heterocycles. The highest BCUT2D eigenvalue weighted by Crippen LogP contribution is 2.49. The molecule has 1 aliphatic carbocycles. The van der Waals surface area contributed by atoms with E-state index < -0.39 is 0 Å². The Labute approximate surface area is 139 Å². The Balaban J connectivity index is 2.09. The molecule has 0 bridgehead atoms. The van der Waals surface area contributed by atoms with E-state index in [0.29, 0.717) is 6.04 Å². The van der Waals surface area contributed by atoms with Crippen LogP contribution in [0.5, 0.6) is 0 Å². The Kier molecular flexibility index (Phi) is 2.72. The summed E-state index contributed by atoms with van der Waals surface area (Å²) in [7, 11) is 2.06. The quantitative estimate of drug-likeness (QED) is 0.569. The van der Waals surface area contributed by atoms with Gasteiger partial charge in [0.1, 0.15) is 7.05 Å². The number of benzene rings is 2. The second-order valence-corrected chi connectivity index (χ2v) is 6.96. The third-order valence-electron chi connectivity index (χ3n) is 5.12. The van der Waals surface area contributed by atoms with Crippen molar-refractivity contribution in [1.29, 1.82) is 0 Å². The minimum absolute atomic E-state index is 0.120. The molecule has 3 aromatic rings. The summed E-state index contributed by atoms with van der Waals surface area (Å²) in [4.78, 5) is 0. The molecule has 0 radical (unpaired) electrons. The topological polar surface area (TPSA) is 3.88 Å². The highest BCUT2D eigenvalue weighted by Gasteiger charge is 2.36. The van der Waals surface area contributed by atoms with Gasteiger partial charge >= 0.3 is 0 Å². The van der Waals surface area contributed by atoms with E-state index in [1.807, 2.05) is 6.07 Å². The van der Waals surface area contributed by atoms with Gasteiger partial charge < -0.3 is 0 Å². The monoisotopic (exact) mass is 301 g/mol. The fourth-order valence-corrected chi connectivity index (χ4v) is 3.82. The van der Waals surface area contributed by atoms with E-state index in [2.05, 4.69) is 81.0 Å². The molecule has 1 heteroatoms. The van der Waals surface area contributed by atoms with E-state index in [4.69, 9.17) is 1.37 Å². The minimum atomic E-state index is -0.120. The number of aromatic nitrogens is 1. The van der Waals surface area contributed by atoms with Gasteiger partial charge in [-0.1, -0.05) is 44.2 Å². The zero-order valence-corrected chi connectivity index (χ0v) is 14.1. The Hall–Kier alpha value is -2.41. The first-order valence-electron chi connectivity index (χ1n) is 8.62. The fraction of sp³-hybridized carbons (Fsp3) is 0.227. The standard InChI is InChI=1S/C22H22N/c1-15-13-20-18(14-17(15)21-11-7-8-12-23(21)4)16-9-5-6-10-19(16)22(20,2)3/h5-14H,1-4H3/q+1/i13D. The molecule has 0 fully saturated rings. The van der Waals surface area contributed by atoms with E-state index in [1.54, 1.807) is 0 Å². The van der Waals surface area contributed by atoms with Crippen molar-refractivity contribution >= 4 is 0 Å². The van der Waals surface area contributed by atoms with Crippen LogP contribution in [0.4, 0.5) is 0 Å². The molecule has 2 aromatic carbocycles. The third-order valence-corrected chi connectivity index (χ3v) is 5.12. The summed E-state index contributed by atoms with van der Waals surface area (Å²) in [5, 5.41) is 0. The Bertz CT molecular complexity index is 970. The zero-order chi connectivity index (χ0) is 17.1. The number of pyridine rings is 1. The van der Waals surface area contributed by atoms with Crippen LogP contribution in [0.1, 0.15) is 31.9 Å². The van der Waals surface area contributed by atoms with Crippen LogP contribution in [0.3, 0.4) is 0 Å². The van der Waals surface area contributed by atoms with Crippen LogP contribution >= 0.6 is 0 Å². The van der Waals surface area contributed by atoms with Crippen molar-refractivity contribution in [3.8, 4) is 22.4 Å². The first kappa shape index (κ1) is 13.1. The van der Waals surface area contributed by atoms with Gasteiger partial charge in [0.05, 0.1) is 1.37 Å². The van der Waals surface area contributed by atoms with Crippen LogP contribution in [-0.4, -0.2) is 0 Å². The SMILES string of the molecule is [2H]c1c(C)c(-c2cccc[n+]2C)cc2c1C(C)(C)c1ccccc1-2. The van der Waals surface area contributed by atoms with E-state index >= 15 is 0 Å². The van der Waals surface area contributed by atoms with Crippen LogP contribution in [0.25, 0.3) is 22.4 Å². The number of hydrogen-bond acceptors (Lipinski definition) is 0. The maximum Gasteiger partial charge on any atom is 0.212 e. The van der Waals surface area contributed by atoms with Gasteiger partial charge in [0.2, 0.25) is 5.69 Å². The van der Waals surface area contributed by atoms with Crippen LogP contribution < -0.4 is 4.57 Å². The van der Waals surface area contributed by atoms with Gasteiger partial charge in [0.15, 0.2) is 6.20 Å². The van der Waals surface area contributed by atoms with E-state index in [9.17, 15) is 0 Å². The summed E-state index contributed by atoms with van der Waals surface area (Å²) >= 11 is 0. The van der Waals surface area contributed by atoms with Crippen LogP contribution in [-0.2, 0) is 12.5 Å². The maximum atomic E-state index is 8.86. The van der Waals surface area contributed by atoms with E-state index in [0.717, 1.165) is 22.4 Å². The summed E-state index contributed by atoms with van der Waals surface area (Å²) < 4.78 is 11.0. The largest absolute Gasteiger partial charge is 0.212 e. The van der Waals surface area contributed by atoms with E-state index in [1.165, 1.54) is 16.7 Å². The van der Waals surface area contributed by atoms with Crippen molar-refractivity contribution in [2.45, 2.75) is 26.2 Å². The molecule has 0 spiro atoms. The van der Waals surface area contributed by atoms with Crippen molar-refractivity contribution in [3.63, 3.8) is 0 Å². The summed E-state index contributed by atoms with van der Waals surface area (Å²) in [6.45, 7) is 6.54. The lowest BCUT2D eigenvalue weighted by Gasteiger charge is -2.22. The van der Waals surface area contributed by atoms with Crippen molar-refractivity contribution in [2.75, 3.05) is 0 Å². The van der Waals surface area contributed by atoms with Crippen molar-refractivity contribution in [2.24, 2.45) is 7.05 Å². The van der Waals surface area contributed by atoms with Gasteiger partial charge in [0.25, 0.3) is 0 Å². The summed E-state index contributed by atoms with van der Waals surface area (Å²) in [5.74, 6) is 0. The normalized spacial score (nSPS) is 15.0. The lowest BCUT2D eigenvalue weighted by atomic mass is 9.81. The van der Waals surface area contributed by atoms with Gasteiger partial charge in [-0.2, -0.15) is 0 Å². The molecule has 0 saturated carbocycles. The molecule has 1 aliphatic rings. The number of aryl methyl sites for hydroxylation is 1. The van der Waals surface area contributed by atoms with Gasteiger partial charge in [-0.05, 0) is 46.9 Å². The van der Waals surface area contributed by atoms with Gasteiger partial charge in [-0.25, -0.2) is 4.57 Å². The summed E-state index contributed by atoms with van der Waals surface area (Å²) in [6, 6.07) is 17.8. The van der Waals surface area contributed by atoms with Crippen LogP contribution in [0, 0.1) is 6.92 Å². The minimum Gasteiger partial charge on any atom is -0.201 e. The molecule has 1 aromatic heterocycles. The Morgan fingerprint density at radius 2 is 1.65 bits per heavy atom.